The molecule has 0 aliphatic heterocycles. The Morgan fingerprint density at radius 2 is 1.85 bits per heavy atom. The number of methoxy groups -OCH3 is 1. The van der Waals surface area contributed by atoms with Crippen LogP contribution < -0.4 is 19.5 Å². The third kappa shape index (κ3) is 5.71. The molecule has 6 heteroatoms. The van der Waals surface area contributed by atoms with Gasteiger partial charge in [0.2, 0.25) is 5.91 Å². The van der Waals surface area contributed by atoms with Crippen LogP contribution in [0.25, 0.3) is 0 Å². The summed E-state index contributed by atoms with van der Waals surface area (Å²) in [6.07, 6.45) is -0.176. The summed E-state index contributed by atoms with van der Waals surface area (Å²) in [5.74, 6) is 1.58. The highest BCUT2D eigenvalue weighted by atomic mass is 16.5. The van der Waals surface area contributed by atoms with Gasteiger partial charge in [-0.05, 0) is 25.1 Å². The monoisotopic (exact) mass is 354 g/mol. The first kappa shape index (κ1) is 19.1. The molecule has 0 fully saturated rings. The van der Waals surface area contributed by atoms with Gasteiger partial charge in [-0.15, -0.1) is 0 Å². The molecule has 0 saturated carbocycles. The number of nitrogens with one attached hydrogen (secondary N) is 1. The zero-order valence-corrected chi connectivity index (χ0v) is 15.0. The predicted molar refractivity (Wildman–Crippen MR) is 97.2 cm³/mol. The Balaban J connectivity index is 1.94. The van der Waals surface area contributed by atoms with Crippen LogP contribution in [-0.2, 0) is 11.3 Å². The number of nitriles is 1. The molecule has 1 N–H and O–H groups in total. The van der Waals surface area contributed by atoms with E-state index in [-0.39, 0.29) is 18.9 Å². The minimum Gasteiger partial charge on any atom is -0.493 e. The number of ether oxygens (including phenoxy) is 3. The molecule has 26 heavy (non-hydrogen) atoms. The highest BCUT2D eigenvalue weighted by molar-refractivity contribution is 5.78. The average molecular weight is 354 g/mol. The van der Waals surface area contributed by atoms with Gasteiger partial charge in [-0.2, -0.15) is 5.26 Å². The van der Waals surface area contributed by atoms with Crippen molar-refractivity contribution in [3.63, 3.8) is 0 Å². The van der Waals surface area contributed by atoms with Crippen LogP contribution in [0.3, 0.4) is 0 Å². The Hall–Kier alpha value is -3.20. The van der Waals surface area contributed by atoms with E-state index in [1.807, 2.05) is 49.4 Å². The van der Waals surface area contributed by atoms with Crippen molar-refractivity contribution < 1.29 is 19.0 Å². The van der Waals surface area contributed by atoms with Crippen molar-refractivity contribution in [2.45, 2.75) is 19.9 Å². The quantitative estimate of drug-likeness (QED) is 0.700. The predicted octanol–water partition coefficient (Wildman–Crippen LogP) is 2.99. The van der Waals surface area contributed by atoms with Crippen molar-refractivity contribution in [1.82, 2.24) is 5.32 Å². The Kier molecular flexibility index (Phi) is 7.31. The standard InChI is InChI=1S/C20H22N2O4/c1-15-6-8-17(9-7-15)25-12-13-26-20-16(4-3-5-18(20)24-2)14-22-19(23)10-11-21/h3-9H,10,12-14H2,1-2H3,(H,22,23). The first-order chi connectivity index (χ1) is 12.6. The molecule has 0 unspecified atom stereocenters. The fraction of sp³-hybridized carbons (Fsp3) is 0.300. The molecule has 0 aliphatic carbocycles. The van der Waals surface area contributed by atoms with E-state index in [2.05, 4.69) is 5.32 Å². The molecule has 0 aromatic heterocycles. The zero-order chi connectivity index (χ0) is 18.8. The maximum Gasteiger partial charge on any atom is 0.234 e. The van der Waals surface area contributed by atoms with Crippen LogP contribution in [0, 0.1) is 18.3 Å². The van der Waals surface area contributed by atoms with Crippen LogP contribution in [0.2, 0.25) is 0 Å². The fourth-order valence-corrected chi connectivity index (χ4v) is 2.29. The van der Waals surface area contributed by atoms with E-state index in [1.54, 1.807) is 13.2 Å². The number of hydrogen-bond acceptors (Lipinski definition) is 5. The Bertz CT molecular complexity index is 766. The Labute approximate surface area is 153 Å². The third-order valence-electron chi connectivity index (χ3n) is 3.62. The first-order valence-electron chi connectivity index (χ1n) is 8.26. The van der Waals surface area contributed by atoms with Crippen LogP contribution in [-0.4, -0.2) is 26.2 Å². The molecule has 6 nitrogen and oxygen atoms in total. The normalized spacial score (nSPS) is 9.88. The van der Waals surface area contributed by atoms with E-state index in [1.165, 1.54) is 5.56 Å². The van der Waals surface area contributed by atoms with Gasteiger partial charge in [0, 0.05) is 12.1 Å². The second-order valence-electron chi connectivity index (χ2n) is 5.57. The smallest absolute Gasteiger partial charge is 0.234 e. The van der Waals surface area contributed by atoms with E-state index in [9.17, 15) is 4.79 Å². The van der Waals surface area contributed by atoms with Crippen LogP contribution in [0.15, 0.2) is 42.5 Å². The van der Waals surface area contributed by atoms with Crippen molar-refractivity contribution in [1.29, 1.82) is 5.26 Å². The third-order valence-corrected chi connectivity index (χ3v) is 3.62. The minimum absolute atomic E-state index is 0.176. The number of carbonyl (C=O) groups excluding carboxylic acids is 1. The summed E-state index contributed by atoms with van der Waals surface area (Å²) in [7, 11) is 1.56. The number of benzene rings is 2. The fourth-order valence-electron chi connectivity index (χ4n) is 2.29. The summed E-state index contributed by atoms with van der Waals surface area (Å²) in [5, 5.41) is 11.2. The summed E-state index contributed by atoms with van der Waals surface area (Å²) in [5.41, 5.74) is 1.94. The van der Waals surface area contributed by atoms with Crippen molar-refractivity contribution in [2.24, 2.45) is 0 Å². The number of carbonyl (C=O) groups is 1. The van der Waals surface area contributed by atoms with E-state index in [0.29, 0.717) is 24.7 Å². The van der Waals surface area contributed by atoms with E-state index >= 15 is 0 Å². The summed E-state index contributed by atoms with van der Waals surface area (Å²) < 4.78 is 16.8. The second kappa shape index (κ2) is 9.94. The molecule has 0 aliphatic rings. The highest BCUT2D eigenvalue weighted by Gasteiger charge is 2.12. The number of rotatable bonds is 9. The lowest BCUT2D eigenvalue weighted by molar-refractivity contribution is -0.120. The van der Waals surface area contributed by atoms with Gasteiger partial charge >= 0.3 is 0 Å². The topological polar surface area (TPSA) is 80.6 Å². The number of nitrogens with zero attached hydrogens (tertiary/aromatic N) is 1. The van der Waals surface area contributed by atoms with Crippen LogP contribution in [0.4, 0.5) is 0 Å². The van der Waals surface area contributed by atoms with Crippen molar-refractivity contribution in [3.05, 3.63) is 53.6 Å². The van der Waals surface area contributed by atoms with Gasteiger partial charge in [0.1, 0.15) is 25.4 Å². The second-order valence-corrected chi connectivity index (χ2v) is 5.57. The molecule has 2 aromatic rings. The van der Waals surface area contributed by atoms with Crippen LogP contribution in [0.5, 0.6) is 17.2 Å². The molecule has 136 valence electrons. The van der Waals surface area contributed by atoms with Gasteiger partial charge in [-0.1, -0.05) is 29.8 Å². The molecule has 0 radical (unpaired) electrons. The van der Waals surface area contributed by atoms with Crippen molar-refractivity contribution in [3.8, 4) is 23.3 Å². The summed E-state index contributed by atoms with van der Waals surface area (Å²) >= 11 is 0. The van der Waals surface area contributed by atoms with Crippen LogP contribution >= 0.6 is 0 Å². The molecule has 0 saturated heterocycles. The summed E-state index contributed by atoms with van der Waals surface area (Å²) in [4.78, 5) is 11.5. The molecule has 2 rings (SSSR count). The van der Waals surface area contributed by atoms with Gasteiger partial charge in [0.25, 0.3) is 0 Å². The van der Waals surface area contributed by atoms with Gasteiger partial charge in [0.15, 0.2) is 11.5 Å². The molecule has 0 bridgehead atoms. The lowest BCUT2D eigenvalue weighted by Gasteiger charge is -2.15. The maximum atomic E-state index is 11.5. The summed E-state index contributed by atoms with van der Waals surface area (Å²) in [6, 6.07) is 15.1. The van der Waals surface area contributed by atoms with E-state index in [4.69, 9.17) is 19.5 Å². The van der Waals surface area contributed by atoms with Gasteiger partial charge in [-0.25, -0.2) is 0 Å². The Morgan fingerprint density at radius 1 is 1.12 bits per heavy atom. The maximum absolute atomic E-state index is 11.5. The number of amides is 1. The molecular weight excluding hydrogens is 332 g/mol. The lowest BCUT2D eigenvalue weighted by atomic mass is 10.2. The molecule has 0 heterocycles. The van der Waals surface area contributed by atoms with Crippen LogP contribution in [0.1, 0.15) is 17.5 Å². The molecule has 0 atom stereocenters. The molecule has 0 spiro atoms. The highest BCUT2D eigenvalue weighted by Crippen LogP contribution is 2.31. The largest absolute Gasteiger partial charge is 0.493 e. The summed E-state index contributed by atoms with van der Waals surface area (Å²) in [6.45, 7) is 2.98. The molecule has 2 aromatic carbocycles. The SMILES string of the molecule is COc1cccc(CNC(=O)CC#N)c1OCCOc1ccc(C)cc1. The van der Waals surface area contributed by atoms with Crippen molar-refractivity contribution in [2.75, 3.05) is 20.3 Å². The van der Waals surface area contributed by atoms with Crippen molar-refractivity contribution >= 4 is 5.91 Å². The average Bonchev–Trinajstić information content (AvgIpc) is 2.65. The molecular formula is C20H22N2O4. The number of para-hydroxylation sites is 1. The van der Waals surface area contributed by atoms with Gasteiger partial charge < -0.3 is 19.5 Å². The van der Waals surface area contributed by atoms with Gasteiger partial charge in [0.05, 0.1) is 13.2 Å². The minimum atomic E-state index is -0.330. The zero-order valence-electron chi connectivity index (χ0n) is 15.0. The van der Waals surface area contributed by atoms with E-state index in [0.717, 1.165) is 11.3 Å². The van der Waals surface area contributed by atoms with Gasteiger partial charge in [-0.3, -0.25) is 4.79 Å². The molecule has 1 amide bonds. The number of aryl methyl sites for hydroxylation is 1. The number of hydrogen-bond donors (Lipinski definition) is 1. The Morgan fingerprint density at radius 3 is 2.54 bits per heavy atom. The lowest BCUT2D eigenvalue weighted by Crippen LogP contribution is -2.22. The first-order valence-corrected chi connectivity index (χ1v) is 8.26. The van der Waals surface area contributed by atoms with E-state index < -0.39 is 0 Å².